The average molecular weight is 265 g/mol. The normalized spacial score (nSPS) is 24.1. The van der Waals surface area contributed by atoms with E-state index in [0.29, 0.717) is 11.9 Å². The average Bonchev–Trinajstić information content (AvgIpc) is 2.84. The maximum atomic E-state index is 5.77. The molecular weight excluding hydrogens is 242 g/mol. The lowest BCUT2D eigenvalue weighted by Crippen LogP contribution is -2.40. The summed E-state index contributed by atoms with van der Waals surface area (Å²) in [6, 6.07) is 0.415. The zero-order valence-corrected chi connectivity index (χ0v) is 12.2. The molecule has 5 nitrogen and oxygen atoms in total. The van der Waals surface area contributed by atoms with Crippen LogP contribution in [0.15, 0.2) is 12.4 Å². The summed E-state index contributed by atoms with van der Waals surface area (Å²) in [5.74, 6) is 0.523. The van der Waals surface area contributed by atoms with Gasteiger partial charge >= 0.3 is 6.01 Å². The number of rotatable bonds is 5. The molecule has 106 valence electrons. The summed E-state index contributed by atoms with van der Waals surface area (Å²) in [4.78, 5) is 10.7. The van der Waals surface area contributed by atoms with Crippen LogP contribution in [0.1, 0.15) is 25.8 Å². The van der Waals surface area contributed by atoms with E-state index in [-0.39, 0.29) is 5.60 Å². The molecule has 0 aromatic carbocycles. The summed E-state index contributed by atoms with van der Waals surface area (Å²) in [7, 11) is 3.39. The molecule has 1 unspecified atom stereocenters. The molecule has 2 rings (SSSR count). The lowest BCUT2D eigenvalue weighted by molar-refractivity contribution is -0.0388. The fourth-order valence-electron chi connectivity index (χ4n) is 2.68. The van der Waals surface area contributed by atoms with E-state index in [2.05, 4.69) is 28.7 Å². The van der Waals surface area contributed by atoms with Crippen molar-refractivity contribution >= 4 is 0 Å². The van der Waals surface area contributed by atoms with Gasteiger partial charge in [-0.3, -0.25) is 4.90 Å². The molecule has 1 aliphatic heterocycles. The smallest absolute Gasteiger partial charge is 0.316 e. The maximum Gasteiger partial charge on any atom is 0.316 e. The zero-order valence-electron chi connectivity index (χ0n) is 12.2. The third-order valence-electron chi connectivity index (χ3n) is 4.07. The number of likely N-dealkylation sites (tertiary alicyclic amines) is 1. The van der Waals surface area contributed by atoms with Gasteiger partial charge in [0.1, 0.15) is 0 Å². The van der Waals surface area contributed by atoms with E-state index in [9.17, 15) is 0 Å². The molecule has 1 fully saturated rings. The number of ether oxygens (including phenoxy) is 2. The van der Waals surface area contributed by atoms with E-state index in [1.54, 1.807) is 7.11 Å². The molecule has 0 radical (unpaired) electrons. The Kier molecular flexibility index (Phi) is 4.37. The lowest BCUT2D eigenvalue weighted by Gasteiger charge is -2.32. The molecule has 0 amide bonds. The standard InChI is InChI=1S/C14H23N3O2/c1-11(2)14(19-4)5-6-17(10-14)9-12-7-15-13(18-3)16-8-12/h7-8,11H,5-6,9-10H2,1-4H3. The third-order valence-corrected chi connectivity index (χ3v) is 4.07. The summed E-state index contributed by atoms with van der Waals surface area (Å²) in [6.45, 7) is 7.33. The number of hydrogen-bond donors (Lipinski definition) is 0. The van der Waals surface area contributed by atoms with Gasteiger partial charge in [0.05, 0.1) is 12.7 Å². The Hall–Kier alpha value is -1.20. The first-order chi connectivity index (χ1) is 9.09. The summed E-state index contributed by atoms with van der Waals surface area (Å²) in [5, 5.41) is 0. The van der Waals surface area contributed by atoms with Crippen molar-refractivity contribution in [2.45, 2.75) is 32.4 Å². The summed E-state index contributed by atoms with van der Waals surface area (Å²) >= 11 is 0. The highest BCUT2D eigenvalue weighted by Crippen LogP contribution is 2.32. The van der Waals surface area contributed by atoms with Gasteiger partial charge in [0.25, 0.3) is 0 Å². The van der Waals surface area contributed by atoms with Crippen molar-refractivity contribution in [3.8, 4) is 6.01 Å². The Balaban J connectivity index is 1.97. The largest absolute Gasteiger partial charge is 0.467 e. The van der Waals surface area contributed by atoms with E-state index in [1.807, 2.05) is 19.5 Å². The first-order valence-electron chi connectivity index (χ1n) is 6.72. The van der Waals surface area contributed by atoms with Crippen molar-refractivity contribution < 1.29 is 9.47 Å². The molecule has 1 aliphatic rings. The van der Waals surface area contributed by atoms with Gasteiger partial charge in [-0.1, -0.05) is 13.8 Å². The first-order valence-corrected chi connectivity index (χ1v) is 6.72. The van der Waals surface area contributed by atoms with Crippen LogP contribution in [0.3, 0.4) is 0 Å². The van der Waals surface area contributed by atoms with Crippen LogP contribution in [-0.2, 0) is 11.3 Å². The minimum atomic E-state index is -0.00662. The molecule has 1 aromatic heterocycles. The molecule has 2 heterocycles. The highest BCUT2D eigenvalue weighted by Gasteiger charge is 2.40. The van der Waals surface area contributed by atoms with Crippen LogP contribution < -0.4 is 4.74 Å². The number of aromatic nitrogens is 2. The van der Waals surface area contributed by atoms with Crippen LogP contribution in [0.25, 0.3) is 0 Å². The second-order valence-corrected chi connectivity index (χ2v) is 5.46. The molecule has 0 aliphatic carbocycles. The minimum Gasteiger partial charge on any atom is -0.467 e. The van der Waals surface area contributed by atoms with Gasteiger partial charge in [-0.25, -0.2) is 9.97 Å². The first kappa shape index (κ1) is 14.2. The van der Waals surface area contributed by atoms with Gasteiger partial charge in [-0.05, 0) is 12.3 Å². The fourth-order valence-corrected chi connectivity index (χ4v) is 2.68. The molecule has 1 aromatic rings. The lowest BCUT2D eigenvalue weighted by atomic mass is 9.89. The highest BCUT2D eigenvalue weighted by atomic mass is 16.5. The second kappa shape index (κ2) is 5.84. The monoisotopic (exact) mass is 265 g/mol. The van der Waals surface area contributed by atoms with Gasteiger partial charge in [-0.2, -0.15) is 0 Å². The predicted molar refractivity (Wildman–Crippen MR) is 73.1 cm³/mol. The van der Waals surface area contributed by atoms with Crippen LogP contribution in [0, 0.1) is 5.92 Å². The van der Waals surface area contributed by atoms with E-state index in [4.69, 9.17) is 9.47 Å². The molecule has 19 heavy (non-hydrogen) atoms. The quantitative estimate of drug-likeness (QED) is 0.811. The SMILES string of the molecule is COc1ncc(CN2CCC(OC)(C(C)C)C2)cn1. The number of hydrogen-bond acceptors (Lipinski definition) is 5. The Morgan fingerprint density at radius 3 is 2.47 bits per heavy atom. The van der Waals surface area contributed by atoms with Gasteiger partial charge in [0, 0.05) is 44.7 Å². The van der Waals surface area contributed by atoms with E-state index < -0.39 is 0 Å². The van der Waals surface area contributed by atoms with Gasteiger partial charge in [0.2, 0.25) is 0 Å². The second-order valence-electron chi connectivity index (χ2n) is 5.46. The Bertz CT molecular complexity index is 408. The third kappa shape index (κ3) is 3.04. The molecule has 1 saturated heterocycles. The van der Waals surface area contributed by atoms with Crippen molar-refractivity contribution in [1.29, 1.82) is 0 Å². The minimum absolute atomic E-state index is 0.00662. The van der Waals surface area contributed by atoms with Crippen LogP contribution in [-0.4, -0.2) is 47.8 Å². The number of nitrogens with zero attached hydrogens (tertiary/aromatic N) is 3. The van der Waals surface area contributed by atoms with Gasteiger partial charge in [0.15, 0.2) is 0 Å². The van der Waals surface area contributed by atoms with Crippen LogP contribution in [0.5, 0.6) is 6.01 Å². The van der Waals surface area contributed by atoms with Crippen molar-refractivity contribution in [2.24, 2.45) is 5.92 Å². The number of methoxy groups -OCH3 is 2. The summed E-state index contributed by atoms with van der Waals surface area (Å²) in [6.07, 6.45) is 4.74. The van der Waals surface area contributed by atoms with Crippen molar-refractivity contribution in [2.75, 3.05) is 27.3 Å². The molecule has 0 spiro atoms. The fraction of sp³-hybridized carbons (Fsp3) is 0.714. The molecule has 0 saturated carbocycles. The Morgan fingerprint density at radius 2 is 2.00 bits per heavy atom. The highest BCUT2D eigenvalue weighted by molar-refractivity contribution is 5.08. The van der Waals surface area contributed by atoms with Crippen molar-refractivity contribution in [1.82, 2.24) is 14.9 Å². The van der Waals surface area contributed by atoms with Gasteiger partial charge in [-0.15, -0.1) is 0 Å². The van der Waals surface area contributed by atoms with Crippen LogP contribution >= 0.6 is 0 Å². The molecule has 0 bridgehead atoms. The van der Waals surface area contributed by atoms with E-state index in [0.717, 1.165) is 31.6 Å². The van der Waals surface area contributed by atoms with Crippen molar-refractivity contribution in [3.63, 3.8) is 0 Å². The molecule has 0 N–H and O–H groups in total. The van der Waals surface area contributed by atoms with E-state index in [1.165, 1.54) is 0 Å². The summed E-state index contributed by atoms with van der Waals surface area (Å²) < 4.78 is 10.7. The Morgan fingerprint density at radius 1 is 1.32 bits per heavy atom. The Labute approximate surface area is 115 Å². The zero-order chi connectivity index (χ0) is 13.9. The van der Waals surface area contributed by atoms with Crippen LogP contribution in [0.2, 0.25) is 0 Å². The van der Waals surface area contributed by atoms with Crippen LogP contribution in [0.4, 0.5) is 0 Å². The topological polar surface area (TPSA) is 47.5 Å². The van der Waals surface area contributed by atoms with E-state index >= 15 is 0 Å². The van der Waals surface area contributed by atoms with Gasteiger partial charge < -0.3 is 9.47 Å². The molecule has 1 atom stereocenters. The predicted octanol–water partition coefficient (Wildman–Crippen LogP) is 1.73. The summed E-state index contributed by atoms with van der Waals surface area (Å²) in [5.41, 5.74) is 1.10. The molecular formula is C14H23N3O2. The van der Waals surface area contributed by atoms with Crippen molar-refractivity contribution in [3.05, 3.63) is 18.0 Å². The maximum absolute atomic E-state index is 5.77. The molecule has 5 heteroatoms.